The first-order valence-electron chi connectivity index (χ1n) is 21.7. The first kappa shape index (κ1) is 43.6. The van der Waals surface area contributed by atoms with Crippen molar-refractivity contribution in [2.75, 3.05) is 99.1 Å². The number of fused-ring (bicyclic) bond motifs is 1. The minimum atomic E-state index is -4.63. The summed E-state index contributed by atoms with van der Waals surface area (Å²) in [6.45, 7) is 8.86. The van der Waals surface area contributed by atoms with Gasteiger partial charge in [0.1, 0.15) is 11.9 Å². The Morgan fingerprint density at radius 2 is 1.46 bits per heavy atom. The van der Waals surface area contributed by atoms with Crippen LogP contribution in [-0.4, -0.2) is 134 Å². The van der Waals surface area contributed by atoms with Crippen LogP contribution < -0.4 is 25.3 Å². The van der Waals surface area contributed by atoms with E-state index >= 15 is 0 Å². The van der Waals surface area contributed by atoms with Crippen LogP contribution in [0.5, 0.6) is 0 Å². The van der Waals surface area contributed by atoms with Crippen molar-refractivity contribution in [1.82, 2.24) is 25.0 Å². The lowest BCUT2D eigenvalue weighted by Gasteiger charge is -2.38. The van der Waals surface area contributed by atoms with Crippen molar-refractivity contribution in [3.05, 3.63) is 77.0 Å². The lowest BCUT2D eigenvalue weighted by Crippen LogP contribution is -2.54. The standard InChI is InChI=1S/C45H51F3N10O5/c1-53(18-19-54-20-22-57(23-21-54)32-4-6-35-36(24-32)44(63)58(43(35)62)38-7-9-40(59)52-42(38)61)28-29-10-14-56(15-11-29)34-5-8-39(50-27-34)51-41(60)30-12-16-55(17-13-30)33-3-2-31(26-49)37(25-33)45(46,47)48/h2-6,8,24-25,27,29-30,38H,7,9-23,28H2,1H3,(H,50,51,60)(H,52,59,61). The molecule has 1 aromatic heterocycles. The van der Waals surface area contributed by atoms with Crippen LogP contribution in [0.1, 0.15) is 70.4 Å². The molecule has 332 valence electrons. The number of hydrogen-bond acceptors (Lipinski definition) is 12. The van der Waals surface area contributed by atoms with Gasteiger partial charge in [0.2, 0.25) is 17.7 Å². The molecule has 0 saturated carbocycles. The maximum absolute atomic E-state index is 13.5. The van der Waals surface area contributed by atoms with Gasteiger partial charge in [-0.15, -0.1) is 0 Å². The lowest BCUT2D eigenvalue weighted by atomic mass is 9.95. The van der Waals surface area contributed by atoms with Gasteiger partial charge >= 0.3 is 6.18 Å². The zero-order valence-electron chi connectivity index (χ0n) is 35.2. The fourth-order valence-corrected chi connectivity index (χ4v) is 9.44. The van der Waals surface area contributed by atoms with E-state index in [0.29, 0.717) is 48.9 Å². The number of hydrogen-bond donors (Lipinski definition) is 2. The monoisotopic (exact) mass is 868 g/mol. The third kappa shape index (κ3) is 9.64. The van der Waals surface area contributed by atoms with Crippen LogP contribution in [0, 0.1) is 23.2 Å². The molecule has 4 saturated heterocycles. The van der Waals surface area contributed by atoms with E-state index in [2.05, 4.69) is 42.3 Å². The second-order valence-corrected chi connectivity index (χ2v) is 17.2. The predicted molar refractivity (Wildman–Crippen MR) is 228 cm³/mol. The molecule has 2 N–H and O–H groups in total. The number of carbonyl (C=O) groups excluding carboxylic acids is 5. The molecule has 3 aromatic rings. The second-order valence-electron chi connectivity index (χ2n) is 17.2. The maximum atomic E-state index is 13.5. The minimum absolute atomic E-state index is 0.0814. The van der Waals surface area contributed by atoms with Gasteiger partial charge < -0.3 is 24.9 Å². The van der Waals surface area contributed by atoms with Gasteiger partial charge in [-0.3, -0.25) is 39.1 Å². The summed E-state index contributed by atoms with van der Waals surface area (Å²) < 4.78 is 40.4. The number of aromatic nitrogens is 1. The molecule has 0 bridgehead atoms. The van der Waals surface area contributed by atoms with Crippen molar-refractivity contribution in [3.8, 4) is 6.07 Å². The SMILES string of the molecule is CN(CCN1CCN(c2ccc3c(c2)C(=O)N(C2CCC(=O)NC2=O)C3=O)CC1)CC1CCN(c2ccc(NC(=O)C3CCN(c4ccc(C#N)c(C(F)(F)F)c4)CC3)nc2)CC1. The summed E-state index contributed by atoms with van der Waals surface area (Å²) in [4.78, 5) is 80.3. The van der Waals surface area contributed by atoms with E-state index in [1.165, 1.54) is 12.1 Å². The number of imide groups is 2. The molecule has 0 aliphatic carbocycles. The molecule has 5 aliphatic heterocycles. The van der Waals surface area contributed by atoms with Gasteiger partial charge in [0.05, 0.1) is 40.2 Å². The first-order chi connectivity index (χ1) is 30.2. The number of piperidine rings is 3. The Bertz CT molecular complexity index is 2280. The largest absolute Gasteiger partial charge is 0.417 e. The van der Waals surface area contributed by atoms with Gasteiger partial charge in [-0.1, -0.05) is 0 Å². The Morgan fingerprint density at radius 3 is 2.13 bits per heavy atom. The van der Waals surface area contributed by atoms with Crippen molar-refractivity contribution >= 4 is 52.4 Å². The molecule has 18 heteroatoms. The summed E-state index contributed by atoms with van der Waals surface area (Å²) in [6.07, 6.45) is 0.447. The van der Waals surface area contributed by atoms with E-state index < -0.39 is 47.0 Å². The molecular weight excluding hydrogens is 818 g/mol. The molecule has 6 heterocycles. The Labute approximate surface area is 363 Å². The maximum Gasteiger partial charge on any atom is 0.417 e. The van der Waals surface area contributed by atoms with E-state index in [-0.39, 0.29) is 30.2 Å². The number of nitrogens with one attached hydrogen (secondary N) is 2. The summed E-state index contributed by atoms with van der Waals surface area (Å²) in [7, 11) is 2.17. The van der Waals surface area contributed by atoms with Crippen LogP contribution in [0.4, 0.5) is 36.1 Å². The quantitative estimate of drug-likeness (QED) is 0.265. The average molecular weight is 869 g/mol. The van der Waals surface area contributed by atoms with Crippen molar-refractivity contribution < 1.29 is 37.1 Å². The number of benzene rings is 2. The third-order valence-electron chi connectivity index (χ3n) is 13.2. The normalized spacial score (nSPS) is 20.6. The van der Waals surface area contributed by atoms with E-state index in [9.17, 15) is 37.1 Å². The Hall–Kier alpha value is -6.06. The number of amides is 5. The van der Waals surface area contributed by atoms with Gasteiger partial charge in [0, 0.05) is 95.7 Å². The molecule has 63 heavy (non-hydrogen) atoms. The molecule has 5 aliphatic rings. The third-order valence-corrected chi connectivity index (χ3v) is 13.2. The molecule has 1 atom stereocenters. The van der Waals surface area contributed by atoms with Gasteiger partial charge in [-0.05, 0) is 93.6 Å². The average Bonchev–Trinajstić information content (AvgIpc) is 3.53. The second kappa shape index (κ2) is 18.3. The Morgan fingerprint density at radius 1 is 0.825 bits per heavy atom. The number of piperazine rings is 1. The van der Waals surface area contributed by atoms with Crippen LogP contribution in [0.25, 0.3) is 0 Å². The Kier molecular flexibility index (Phi) is 12.7. The molecule has 1 unspecified atom stereocenters. The van der Waals surface area contributed by atoms with Gasteiger partial charge in [0.25, 0.3) is 11.8 Å². The van der Waals surface area contributed by atoms with Crippen molar-refractivity contribution in [1.29, 1.82) is 5.26 Å². The smallest absolute Gasteiger partial charge is 0.371 e. The molecule has 5 amide bonds. The summed E-state index contributed by atoms with van der Waals surface area (Å²) in [5, 5.41) is 14.3. The van der Waals surface area contributed by atoms with Crippen molar-refractivity contribution in [2.24, 2.45) is 11.8 Å². The highest BCUT2D eigenvalue weighted by molar-refractivity contribution is 6.23. The highest BCUT2D eigenvalue weighted by atomic mass is 19.4. The number of halogens is 3. The Balaban J connectivity index is 0.726. The molecule has 15 nitrogen and oxygen atoms in total. The van der Waals surface area contributed by atoms with E-state index in [4.69, 9.17) is 5.26 Å². The predicted octanol–water partition coefficient (Wildman–Crippen LogP) is 4.20. The molecule has 0 radical (unpaired) electrons. The lowest BCUT2D eigenvalue weighted by molar-refractivity contribution is -0.138. The van der Waals surface area contributed by atoms with E-state index in [1.54, 1.807) is 24.4 Å². The van der Waals surface area contributed by atoms with Crippen molar-refractivity contribution in [2.45, 2.75) is 50.7 Å². The number of carbonyl (C=O) groups is 5. The number of likely N-dealkylation sites (N-methyl/N-ethyl adjacent to an activating group) is 1. The molecule has 8 rings (SSSR count). The molecular formula is C45H51F3N10O5. The van der Waals surface area contributed by atoms with Crippen molar-refractivity contribution in [3.63, 3.8) is 0 Å². The molecule has 0 spiro atoms. The van der Waals surface area contributed by atoms with Crippen LogP contribution in [0.2, 0.25) is 0 Å². The minimum Gasteiger partial charge on any atom is -0.371 e. The zero-order valence-corrected chi connectivity index (χ0v) is 35.2. The zero-order chi connectivity index (χ0) is 44.4. The number of pyridine rings is 1. The highest BCUT2D eigenvalue weighted by Gasteiger charge is 2.45. The number of anilines is 4. The highest BCUT2D eigenvalue weighted by Crippen LogP contribution is 2.36. The van der Waals surface area contributed by atoms with Gasteiger partial charge in [-0.25, -0.2) is 4.98 Å². The number of nitrogens with zero attached hydrogens (tertiary/aromatic N) is 8. The van der Waals surface area contributed by atoms with Crippen LogP contribution in [-0.2, 0) is 20.6 Å². The number of rotatable bonds is 11. The van der Waals surface area contributed by atoms with Gasteiger partial charge in [-0.2, -0.15) is 18.4 Å². The van der Waals surface area contributed by atoms with Gasteiger partial charge in [0.15, 0.2) is 0 Å². The molecule has 2 aromatic carbocycles. The van der Waals surface area contributed by atoms with Crippen LogP contribution in [0.3, 0.4) is 0 Å². The topological polar surface area (TPSA) is 166 Å². The number of alkyl halides is 3. The van der Waals surface area contributed by atoms with Crippen LogP contribution >= 0.6 is 0 Å². The fourth-order valence-electron chi connectivity index (χ4n) is 9.44. The van der Waals surface area contributed by atoms with Crippen LogP contribution in [0.15, 0.2) is 54.7 Å². The summed E-state index contributed by atoms with van der Waals surface area (Å²) in [5.74, 6) is -1.43. The molecule has 4 fully saturated rings. The van der Waals surface area contributed by atoms with E-state index in [0.717, 1.165) is 94.1 Å². The number of nitriles is 1. The fraction of sp³-hybridized carbons (Fsp3) is 0.489. The summed E-state index contributed by atoms with van der Waals surface area (Å²) in [5.41, 5.74) is 1.47. The first-order valence-corrected chi connectivity index (χ1v) is 21.7. The van der Waals surface area contributed by atoms with E-state index in [1.807, 2.05) is 23.1 Å². The summed E-state index contributed by atoms with van der Waals surface area (Å²) in [6, 6.07) is 13.4. The summed E-state index contributed by atoms with van der Waals surface area (Å²) >= 11 is 0.